The molecule has 1 N–H and O–H groups in total. The Bertz CT molecular complexity index is 458. The molecule has 20 heavy (non-hydrogen) atoms. The molecule has 0 fully saturated rings. The lowest BCUT2D eigenvalue weighted by molar-refractivity contribution is -0.131. The van der Waals surface area contributed by atoms with Crippen LogP contribution >= 0.6 is 0 Å². The first-order valence-electron chi connectivity index (χ1n) is 7.70. The van der Waals surface area contributed by atoms with Crippen molar-refractivity contribution < 1.29 is 4.79 Å². The molecule has 2 atom stereocenters. The van der Waals surface area contributed by atoms with Crippen molar-refractivity contribution in [3.05, 3.63) is 35.4 Å². The molecule has 0 aromatic heterocycles. The Morgan fingerprint density at radius 2 is 2.20 bits per heavy atom. The summed E-state index contributed by atoms with van der Waals surface area (Å²) in [4.78, 5) is 14.3. The first-order chi connectivity index (χ1) is 9.63. The molecule has 0 spiro atoms. The SMILES string of the molecule is CCC(C)NCC(=O)N(C)C1CCCc2ccccc21. The van der Waals surface area contributed by atoms with Gasteiger partial charge < -0.3 is 10.2 Å². The zero-order valence-corrected chi connectivity index (χ0v) is 12.9. The smallest absolute Gasteiger partial charge is 0.236 e. The standard InChI is InChI=1S/C17H26N2O/c1-4-13(2)18-12-17(20)19(3)16-11-7-9-14-8-5-6-10-15(14)16/h5-6,8,10,13,16,18H,4,7,9,11-12H2,1-3H3. The van der Waals surface area contributed by atoms with Gasteiger partial charge in [-0.25, -0.2) is 0 Å². The summed E-state index contributed by atoms with van der Waals surface area (Å²) in [7, 11) is 1.94. The summed E-state index contributed by atoms with van der Waals surface area (Å²) < 4.78 is 0. The van der Waals surface area contributed by atoms with Crippen LogP contribution in [0.4, 0.5) is 0 Å². The molecule has 0 radical (unpaired) electrons. The Kier molecular flexibility index (Phi) is 5.18. The summed E-state index contributed by atoms with van der Waals surface area (Å²) in [6.07, 6.45) is 4.42. The highest BCUT2D eigenvalue weighted by Gasteiger charge is 2.26. The number of aryl methyl sites for hydroxylation is 1. The second-order valence-electron chi connectivity index (χ2n) is 5.80. The van der Waals surface area contributed by atoms with Gasteiger partial charge in [0.05, 0.1) is 12.6 Å². The van der Waals surface area contributed by atoms with Gasteiger partial charge in [0, 0.05) is 13.1 Å². The molecule has 3 nitrogen and oxygen atoms in total. The third kappa shape index (κ3) is 3.40. The molecule has 0 saturated carbocycles. The van der Waals surface area contributed by atoms with E-state index in [0.717, 1.165) is 25.7 Å². The summed E-state index contributed by atoms with van der Waals surface area (Å²) in [5.41, 5.74) is 2.73. The molecule has 0 heterocycles. The van der Waals surface area contributed by atoms with Crippen LogP contribution in [0.5, 0.6) is 0 Å². The number of carbonyl (C=O) groups excluding carboxylic acids is 1. The van der Waals surface area contributed by atoms with E-state index in [-0.39, 0.29) is 11.9 Å². The van der Waals surface area contributed by atoms with Crippen LogP contribution in [0.1, 0.15) is 50.3 Å². The minimum absolute atomic E-state index is 0.187. The zero-order valence-electron chi connectivity index (χ0n) is 12.9. The molecule has 2 rings (SSSR count). The third-order valence-corrected chi connectivity index (χ3v) is 4.41. The third-order valence-electron chi connectivity index (χ3n) is 4.41. The average Bonchev–Trinajstić information content (AvgIpc) is 2.50. The number of nitrogens with one attached hydrogen (secondary N) is 1. The van der Waals surface area contributed by atoms with E-state index in [2.05, 4.69) is 43.4 Å². The van der Waals surface area contributed by atoms with Gasteiger partial charge in [-0.15, -0.1) is 0 Å². The largest absolute Gasteiger partial charge is 0.338 e. The molecule has 1 aliphatic rings. The van der Waals surface area contributed by atoms with Gasteiger partial charge in [0.1, 0.15) is 0 Å². The molecular formula is C17H26N2O. The van der Waals surface area contributed by atoms with Gasteiger partial charge >= 0.3 is 0 Å². The summed E-state index contributed by atoms with van der Waals surface area (Å²) in [5, 5.41) is 3.28. The van der Waals surface area contributed by atoms with Gasteiger partial charge in [0.15, 0.2) is 0 Å². The molecule has 1 aliphatic carbocycles. The van der Waals surface area contributed by atoms with Crippen molar-refractivity contribution in [1.82, 2.24) is 10.2 Å². The number of benzene rings is 1. The van der Waals surface area contributed by atoms with Crippen molar-refractivity contribution in [2.24, 2.45) is 0 Å². The Hall–Kier alpha value is -1.35. The zero-order chi connectivity index (χ0) is 14.5. The van der Waals surface area contributed by atoms with E-state index in [0.29, 0.717) is 12.6 Å². The highest BCUT2D eigenvalue weighted by atomic mass is 16.2. The number of hydrogen-bond donors (Lipinski definition) is 1. The van der Waals surface area contributed by atoms with E-state index in [1.165, 1.54) is 11.1 Å². The molecular weight excluding hydrogens is 248 g/mol. The summed E-state index contributed by atoms with van der Waals surface area (Å²) in [5.74, 6) is 0.187. The number of amides is 1. The first kappa shape index (κ1) is 15.0. The van der Waals surface area contributed by atoms with Crippen molar-refractivity contribution in [2.75, 3.05) is 13.6 Å². The number of carbonyl (C=O) groups is 1. The molecule has 3 heteroatoms. The number of hydrogen-bond acceptors (Lipinski definition) is 2. The normalized spacial score (nSPS) is 19.2. The van der Waals surface area contributed by atoms with Gasteiger partial charge in [-0.05, 0) is 43.7 Å². The minimum Gasteiger partial charge on any atom is -0.338 e. The van der Waals surface area contributed by atoms with Gasteiger partial charge in [-0.3, -0.25) is 4.79 Å². The van der Waals surface area contributed by atoms with E-state index in [1.54, 1.807) is 0 Å². The van der Waals surface area contributed by atoms with E-state index < -0.39 is 0 Å². The van der Waals surface area contributed by atoms with E-state index >= 15 is 0 Å². The fraction of sp³-hybridized carbons (Fsp3) is 0.588. The van der Waals surface area contributed by atoms with Crippen LogP contribution in [0.15, 0.2) is 24.3 Å². The van der Waals surface area contributed by atoms with Crippen LogP contribution in [0, 0.1) is 0 Å². The van der Waals surface area contributed by atoms with E-state index in [4.69, 9.17) is 0 Å². The van der Waals surface area contributed by atoms with Gasteiger partial charge in [-0.2, -0.15) is 0 Å². The number of fused-ring (bicyclic) bond motifs is 1. The Morgan fingerprint density at radius 1 is 1.45 bits per heavy atom. The van der Waals surface area contributed by atoms with Gasteiger partial charge in [0.2, 0.25) is 5.91 Å². The van der Waals surface area contributed by atoms with Crippen molar-refractivity contribution in [3.8, 4) is 0 Å². The fourth-order valence-electron chi connectivity index (χ4n) is 2.83. The molecule has 1 amide bonds. The summed E-state index contributed by atoms with van der Waals surface area (Å²) in [6.45, 7) is 4.68. The topological polar surface area (TPSA) is 32.3 Å². The van der Waals surface area contributed by atoms with Crippen LogP contribution < -0.4 is 5.32 Å². The highest BCUT2D eigenvalue weighted by Crippen LogP contribution is 2.33. The Morgan fingerprint density at radius 3 is 2.95 bits per heavy atom. The monoisotopic (exact) mass is 274 g/mol. The molecule has 2 unspecified atom stereocenters. The first-order valence-corrected chi connectivity index (χ1v) is 7.70. The van der Waals surface area contributed by atoms with Crippen LogP contribution in [0.2, 0.25) is 0 Å². The summed E-state index contributed by atoms with van der Waals surface area (Å²) in [6, 6.07) is 9.17. The van der Waals surface area contributed by atoms with Crippen LogP contribution in [-0.2, 0) is 11.2 Å². The van der Waals surface area contributed by atoms with Crippen molar-refractivity contribution >= 4 is 5.91 Å². The average molecular weight is 274 g/mol. The van der Waals surface area contributed by atoms with Crippen molar-refractivity contribution in [1.29, 1.82) is 0 Å². The Balaban J connectivity index is 2.03. The van der Waals surface area contributed by atoms with Gasteiger partial charge in [-0.1, -0.05) is 31.2 Å². The van der Waals surface area contributed by atoms with Crippen LogP contribution in [0.3, 0.4) is 0 Å². The molecule has 1 aromatic rings. The summed E-state index contributed by atoms with van der Waals surface area (Å²) >= 11 is 0. The minimum atomic E-state index is 0.187. The van der Waals surface area contributed by atoms with Crippen LogP contribution in [-0.4, -0.2) is 30.4 Å². The number of nitrogens with zero attached hydrogens (tertiary/aromatic N) is 1. The number of rotatable bonds is 5. The maximum absolute atomic E-state index is 12.3. The second kappa shape index (κ2) is 6.89. The molecule has 110 valence electrons. The fourth-order valence-corrected chi connectivity index (χ4v) is 2.83. The van der Waals surface area contributed by atoms with Crippen molar-refractivity contribution in [2.45, 2.75) is 51.6 Å². The lowest BCUT2D eigenvalue weighted by Crippen LogP contribution is -2.41. The van der Waals surface area contributed by atoms with Crippen LogP contribution in [0.25, 0.3) is 0 Å². The number of likely N-dealkylation sites (N-methyl/N-ethyl adjacent to an activating group) is 1. The second-order valence-corrected chi connectivity index (χ2v) is 5.80. The predicted octanol–water partition coefficient (Wildman–Crippen LogP) is 2.91. The molecule has 0 saturated heterocycles. The Labute approximate surface area is 122 Å². The van der Waals surface area contributed by atoms with E-state index in [9.17, 15) is 4.79 Å². The quantitative estimate of drug-likeness (QED) is 0.895. The maximum atomic E-state index is 12.3. The maximum Gasteiger partial charge on any atom is 0.236 e. The molecule has 1 aromatic carbocycles. The molecule has 0 bridgehead atoms. The lowest BCUT2D eigenvalue weighted by Gasteiger charge is -2.33. The lowest BCUT2D eigenvalue weighted by atomic mass is 9.87. The molecule has 0 aliphatic heterocycles. The highest BCUT2D eigenvalue weighted by molar-refractivity contribution is 5.78. The predicted molar refractivity (Wildman–Crippen MR) is 82.6 cm³/mol. The van der Waals surface area contributed by atoms with Crippen molar-refractivity contribution in [3.63, 3.8) is 0 Å². The van der Waals surface area contributed by atoms with Gasteiger partial charge in [0.25, 0.3) is 0 Å². The van der Waals surface area contributed by atoms with E-state index in [1.807, 2.05) is 11.9 Å².